The van der Waals surface area contributed by atoms with Crippen LogP contribution in [-0.2, 0) is 16.0 Å². The van der Waals surface area contributed by atoms with Gasteiger partial charge in [0.1, 0.15) is 0 Å². The molecule has 1 saturated heterocycles. The van der Waals surface area contributed by atoms with Gasteiger partial charge in [0, 0.05) is 25.2 Å². The Morgan fingerprint density at radius 1 is 1.21 bits per heavy atom. The molecule has 0 aliphatic carbocycles. The molecule has 1 heterocycles. The first-order chi connectivity index (χ1) is 11.7. The predicted molar refractivity (Wildman–Crippen MR) is 97.1 cm³/mol. The third-order valence-corrected chi connectivity index (χ3v) is 4.47. The maximum atomic E-state index is 12.3. The molecule has 2 amide bonds. The third kappa shape index (κ3) is 5.06. The van der Waals surface area contributed by atoms with Crippen molar-refractivity contribution >= 4 is 17.5 Å². The number of amides is 2. The van der Waals surface area contributed by atoms with Gasteiger partial charge in [-0.3, -0.25) is 9.59 Å². The summed E-state index contributed by atoms with van der Waals surface area (Å²) in [6.45, 7) is 4.18. The van der Waals surface area contributed by atoms with E-state index in [1.165, 1.54) is 18.4 Å². The number of carbonyl (C=O) groups is 2. The molecule has 0 aromatic heterocycles. The van der Waals surface area contributed by atoms with Crippen LogP contribution >= 0.6 is 0 Å². The first kappa shape index (κ1) is 18.5. The topological polar surface area (TPSA) is 61.4 Å². The Kier molecular flexibility index (Phi) is 7.25. The van der Waals surface area contributed by atoms with Crippen molar-refractivity contribution in [1.82, 2.24) is 10.6 Å². The summed E-state index contributed by atoms with van der Waals surface area (Å²) >= 11 is 0. The number of hydrogen-bond acceptors (Lipinski definition) is 3. The highest BCUT2D eigenvalue weighted by molar-refractivity contribution is 6.00. The first-order valence-corrected chi connectivity index (χ1v) is 8.97. The van der Waals surface area contributed by atoms with Gasteiger partial charge in [-0.25, -0.2) is 0 Å². The minimum atomic E-state index is -0.244. The molecule has 1 aromatic rings. The fourth-order valence-electron chi connectivity index (χ4n) is 2.98. The zero-order valence-corrected chi connectivity index (χ0v) is 14.8. The van der Waals surface area contributed by atoms with E-state index in [0.29, 0.717) is 19.5 Å². The van der Waals surface area contributed by atoms with Gasteiger partial charge < -0.3 is 15.5 Å². The first-order valence-electron chi connectivity index (χ1n) is 8.97. The summed E-state index contributed by atoms with van der Waals surface area (Å²) in [7, 11) is 1.89. The molecule has 2 N–H and O–H groups in total. The molecule has 1 aliphatic heterocycles. The van der Waals surface area contributed by atoms with Crippen molar-refractivity contribution in [3.8, 4) is 0 Å². The number of benzene rings is 1. The lowest BCUT2D eigenvalue weighted by Gasteiger charge is -2.17. The Morgan fingerprint density at radius 2 is 1.96 bits per heavy atom. The number of unbranched alkanes of at least 4 members (excludes halogenated alkanes) is 1. The van der Waals surface area contributed by atoms with Gasteiger partial charge in [-0.1, -0.05) is 25.5 Å². The fraction of sp³-hybridized carbons (Fsp3) is 0.579. The van der Waals surface area contributed by atoms with Crippen molar-refractivity contribution in [3.63, 3.8) is 0 Å². The van der Waals surface area contributed by atoms with Crippen LogP contribution in [0, 0.1) is 5.92 Å². The number of rotatable bonds is 9. The minimum Gasteiger partial charge on any atom is -0.356 e. The largest absolute Gasteiger partial charge is 0.356 e. The van der Waals surface area contributed by atoms with Crippen molar-refractivity contribution in [2.45, 2.75) is 39.0 Å². The molecule has 2 rings (SSSR count). The maximum Gasteiger partial charge on any atom is 0.227 e. The monoisotopic (exact) mass is 331 g/mol. The molecule has 0 saturated carbocycles. The number of nitrogens with zero attached hydrogens (tertiary/aromatic N) is 1. The number of nitrogens with one attached hydrogen (secondary N) is 2. The van der Waals surface area contributed by atoms with Crippen LogP contribution in [0.25, 0.3) is 0 Å². The molecule has 0 bridgehead atoms. The minimum absolute atomic E-state index is 0.0125. The molecule has 24 heavy (non-hydrogen) atoms. The van der Waals surface area contributed by atoms with E-state index in [1.54, 1.807) is 4.90 Å². The standard InChI is InChI=1S/C19H29N3O2/c1-3-4-6-15-7-9-17(10-8-15)22-14-16(13-18(22)23)19(24)21-12-5-11-20-2/h7-10,16,20H,3-6,11-14H2,1-2H3,(H,21,24). The van der Waals surface area contributed by atoms with Gasteiger partial charge in [0.25, 0.3) is 0 Å². The summed E-state index contributed by atoms with van der Waals surface area (Å²) < 4.78 is 0. The van der Waals surface area contributed by atoms with Crippen LogP contribution in [0.3, 0.4) is 0 Å². The highest BCUT2D eigenvalue weighted by atomic mass is 16.2. The summed E-state index contributed by atoms with van der Waals surface area (Å²) in [4.78, 5) is 26.2. The molecule has 1 aromatic carbocycles. The smallest absolute Gasteiger partial charge is 0.227 e. The van der Waals surface area contributed by atoms with E-state index < -0.39 is 0 Å². The quantitative estimate of drug-likeness (QED) is 0.681. The Balaban J connectivity index is 1.88. The third-order valence-electron chi connectivity index (χ3n) is 4.47. The van der Waals surface area contributed by atoms with Crippen molar-refractivity contribution in [2.75, 3.05) is 31.6 Å². The molecule has 5 nitrogen and oxygen atoms in total. The molecule has 0 radical (unpaired) electrons. The highest BCUT2D eigenvalue weighted by Crippen LogP contribution is 2.25. The molecule has 1 atom stereocenters. The molecular formula is C19H29N3O2. The SMILES string of the molecule is CCCCc1ccc(N2CC(C(=O)NCCCNC)CC2=O)cc1. The number of anilines is 1. The van der Waals surface area contributed by atoms with Crippen LogP contribution < -0.4 is 15.5 Å². The summed E-state index contributed by atoms with van der Waals surface area (Å²) in [5.41, 5.74) is 2.19. The highest BCUT2D eigenvalue weighted by Gasteiger charge is 2.34. The van der Waals surface area contributed by atoms with Gasteiger partial charge in [-0.2, -0.15) is 0 Å². The van der Waals surface area contributed by atoms with E-state index in [0.717, 1.165) is 25.1 Å². The molecule has 1 fully saturated rings. The zero-order chi connectivity index (χ0) is 17.4. The lowest BCUT2D eigenvalue weighted by atomic mass is 10.1. The van der Waals surface area contributed by atoms with Gasteiger partial charge in [-0.05, 0) is 50.6 Å². The van der Waals surface area contributed by atoms with Crippen molar-refractivity contribution in [2.24, 2.45) is 5.92 Å². The number of carbonyl (C=O) groups excluding carboxylic acids is 2. The number of hydrogen-bond donors (Lipinski definition) is 2. The molecule has 1 aliphatic rings. The normalized spacial score (nSPS) is 17.3. The van der Waals surface area contributed by atoms with E-state index in [9.17, 15) is 9.59 Å². The van der Waals surface area contributed by atoms with Crippen LogP contribution in [0.2, 0.25) is 0 Å². The van der Waals surface area contributed by atoms with Crippen LogP contribution in [0.15, 0.2) is 24.3 Å². The second-order valence-electron chi connectivity index (χ2n) is 6.42. The Morgan fingerprint density at radius 3 is 2.62 bits per heavy atom. The average molecular weight is 331 g/mol. The molecular weight excluding hydrogens is 302 g/mol. The number of aryl methyl sites for hydroxylation is 1. The molecule has 5 heteroatoms. The Hall–Kier alpha value is -1.88. The van der Waals surface area contributed by atoms with Gasteiger partial charge in [0.15, 0.2) is 0 Å². The lowest BCUT2D eigenvalue weighted by molar-refractivity contribution is -0.126. The summed E-state index contributed by atoms with van der Waals surface area (Å²) in [6.07, 6.45) is 4.62. The van der Waals surface area contributed by atoms with Crippen molar-refractivity contribution < 1.29 is 9.59 Å². The van der Waals surface area contributed by atoms with E-state index in [1.807, 2.05) is 19.2 Å². The maximum absolute atomic E-state index is 12.3. The lowest BCUT2D eigenvalue weighted by Crippen LogP contribution is -2.34. The summed E-state index contributed by atoms with van der Waals surface area (Å²) in [5.74, 6) is -0.222. The second-order valence-corrected chi connectivity index (χ2v) is 6.42. The van der Waals surface area contributed by atoms with Gasteiger partial charge in [0.05, 0.1) is 5.92 Å². The summed E-state index contributed by atoms with van der Waals surface area (Å²) in [5, 5.41) is 5.98. The van der Waals surface area contributed by atoms with Crippen LogP contribution in [-0.4, -0.2) is 38.5 Å². The van der Waals surface area contributed by atoms with Crippen LogP contribution in [0.1, 0.15) is 38.2 Å². The van der Waals surface area contributed by atoms with E-state index in [4.69, 9.17) is 0 Å². The molecule has 0 spiro atoms. The van der Waals surface area contributed by atoms with Gasteiger partial charge in [-0.15, -0.1) is 0 Å². The van der Waals surface area contributed by atoms with Gasteiger partial charge >= 0.3 is 0 Å². The predicted octanol–water partition coefficient (Wildman–Crippen LogP) is 2.11. The van der Waals surface area contributed by atoms with Crippen LogP contribution in [0.4, 0.5) is 5.69 Å². The second kappa shape index (κ2) is 9.42. The Labute approximate surface area is 144 Å². The average Bonchev–Trinajstić information content (AvgIpc) is 2.99. The van der Waals surface area contributed by atoms with Crippen molar-refractivity contribution in [3.05, 3.63) is 29.8 Å². The van der Waals surface area contributed by atoms with Gasteiger partial charge in [0.2, 0.25) is 11.8 Å². The van der Waals surface area contributed by atoms with E-state index in [-0.39, 0.29) is 17.7 Å². The molecule has 1 unspecified atom stereocenters. The summed E-state index contributed by atoms with van der Waals surface area (Å²) in [6, 6.07) is 8.17. The van der Waals surface area contributed by atoms with E-state index >= 15 is 0 Å². The Bertz CT molecular complexity index is 542. The van der Waals surface area contributed by atoms with E-state index in [2.05, 4.69) is 29.7 Å². The van der Waals surface area contributed by atoms with Crippen LogP contribution in [0.5, 0.6) is 0 Å². The van der Waals surface area contributed by atoms with Crippen molar-refractivity contribution in [1.29, 1.82) is 0 Å². The fourth-order valence-corrected chi connectivity index (χ4v) is 2.98. The molecule has 132 valence electrons. The zero-order valence-electron chi connectivity index (χ0n) is 14.8.